The molecule has 3 aromatic carbocycles. The Morgan fingerprint density at radius 1 is 0.941 bits per heavy atom. The molecule has 3 aromatic rings. The summed E-state index contributed by atoms with van der Waals surface area (Å²) in [5, 5.41) is 18.2. The molecular weight excluding hydrogens is 444 g/mol. The fraction of sp³-hybridized carbons (Fsp3) is 0.448. The second-order valence-corrected chi connectivity index (χ2v) is 10.3. The third-order valence-electron chi connectivity index (χ3n) is 7.58. The molecule has 2 fully saturated rings. The fourth-order valence-corrected chi connectivity index (χ4v) is 5.83. The highest BCUT2D eigenvalue weighted by Gasteiger charge is 2.39. The monoisotopic (exact) mass is 478 g/mol. The van der Waals surface area contributed by atoms with Gasteiger partial charge < -0.3 is 20.1 Å². The molecule has 0 spiro atoms. The molecule has 1 heterocycles. The van der Waals surface area contributed by atoms with Gasteiger partial charge in [-0.2, -0.15) is 0 Å². The van der Waals surface area contributed by atoms with Crippen LogP contribution in [0.15, 0.2) is 60.7 Å². The largest absolute Gasteiger partial charge is 0.487 e. The van der Waals surface area contributed by atoms with Crippen molar-refractivity contribution in [3.05, 3.63) is 76.8 Å². The van der Waals surface area contributed by atoms with Gasteiger partial charge in [0.1, 0.15) is 12.4 Å². The molecule has 1 saturated carbocycles. The van der Waals surface area contributed by atoms with Crippen molar-refractivity contribution >= 4 is 22.4 Å². The van der Waals surface area contributed by atoms with E-state index in [0.717, 1.165) is 69.5 Å². The highest BCUT2D eigenvalue weighted by Crippen LogP contribution is 2.42. The third kappa shape index (κ3) is 5.41. The maximum absolute atomic E-state index is 11.7. The van der Waals surface area contributed by atoms with Crippen LogP contribution in [0.25, 0.3) is 10.8 Å². The van der Waals surface area contributed by atoms with Gasteiger partial charge in [0.15, 0.2) is 0 Å². The SMILES string of the molecule is OC1(C(CN2CCNCC2)c2ccc(OCc3ccc4ccccc4c3)c(Cl)c2)CCCCC1. The lowest BCUT2D eigenvalue weighted by molar-refractivity contribution is -0.0316. The van der Waals surface area contributed by atoms with E-state index in [0.29, 0.717) is 17.4 Å². The minimum atomic E-state index is -0.667. The van der Waals surface area contributed by atoms with Crippen molar-refractivity contribution in [1.82, 2.24) is 10.2 Å². The Balaban J connectivity index is 1.33. The van der Waals surface area contributed by atoms with Crippen LogP contribution in [-0.2, 0) is 6.61 Å². The predicted octanol–water partition coefficient (Wildman–Crippen LogP) is 5.76. The molecule has 34 heavy (non-hydrogen) atoms. The molecule has 1 atom stereocenters. The molecule has 1 unspecified atom stereocenters. The Kier molecular flexibility index (Phi) is 7.40. The summed E-state index contributed by atoms with van der Waals surface area (Å²) in [6.07, 6.45) is 5.12. The van der Waals surface area contributed by atoms with E-state index in [4.69, 9.17) is 16.3 Å². The number of nitrogens with one attached hydrogen (secondary N) is 1. The van der Waals surface area contributed by atoms with E-state index in [1.165, 1.54) is 17.2 Å². The maximum atomic E-state index is 11.7. The normalized spacial score (nSPS) is 19.7. The zero-order chi connectivity index (χ0) is 23.4. The van der Waals surface area contributed by atoms with Crippen molar-refractivity contribution in [2.75, 3.05) is 32.7 Å². The van der Waals surface area contributed by atoms with Crippen LogP contribution in [0.4, 0.5) is 0 Å². The molecule has 0 radical (unpaired) electrons. The van der Waals surface area contributed by atoms with E-state index in [1.54, 1.807) is 0 Å². The molecule has 2 aliphatic rings. The summed E-state index contributed by atoms with van der Waals surface area (Å²) >= 11 is 6.73. The molecule has 0 amide bonds. The van der Waals surface area contributed by atoms with Crippen molar-refractivity contribution in [2.24, 2.45) is 0 Å². The van der Waals surface area contributed by atoms with E-state index >= 15 is 0 Å². The van der Waals surface area contributed by atoms with Crippen LogP contribution >= 0.6 is 11.6 Å². The minimum absolute atomic E-state index is 0.0536. The lowest BCUT2D eigenvalue weighted by Gasteiger charge is -2.42. The Hall–Kier alpha value is -2.11. The summed E-state index contributed by atoms with van der Waals surface area (Å²) in [5.74, 6) is 0.744. The van der Waals surface area contributed by atoms with Crippen LogP contribution in [0, 0.1) is 0 Å². The Bertz CT molecular complexity index is 1110. The molecule has 5 heteroatoms. The second kappa shape index (κ2) is 10.7. The average molecular weight is 479 g/mol. The van der Waals surface area contributed by atoms with Crippen molar-refractivity contribution in [3.63, 3.8) is 0 Å². The van der Waals surface area contributed by atoms with Gasteiger partial charge in [0.2, 0.25) is 0 Å². The molecule has 2 N–H and O–H groups in total. The molecular formula is C29H35ClN2O2. The first-order valence-electron chi connectivity index (χ1n) is 12.7. The fourth-order valence-electron chi connectivity index (χ4n) is 5.59. The quantitative estimate of drug-likeness (QED) is 0.453. The van der Waals surface area contributed by atoms with Crippen LogP contribution < -0.4 is 10.1 Å². The summed E-state index contributed by atoms with van der Waals surface area (Å²) in [7, 11) is 0. The van der Waals surface area contributed by atoms with Gasteiger partial charge in [-0.3, -0.25) is 0 Å². The molecule has 0 bridgehead atoms. The number of nitrogens with zero attached hydrogens (tertiary/aromatic N) is 1. The van der Waals surface area contributed by atoms with Crippen molar-refractivity contribution in [3.8, 4) is 5.75 Å². The molecule has 180 valence electrons. The van der Waals surface area contributed by atoms with Gasteiger partial charge in [-0.1, -0.05) is 73.3 Å². The van der Waals surface area contributed by atoms with Gasteiger partial charge >= 0.3 is 0 Å². The van der Waals surface area contributed by atoms with Crippen LogP contribution in [0.5, 0.6) is 5.75 Å². The standard InChI is InChI=1S/C29H35ClN2O2/c30-27-19-25(26(20-32-16-14-31-15-17-32)29(33)12-4-1-5-13-29)10-11-28(27)34-21-22-8-9-23-6-2-3-7-24(23)18-22/h2-3,6-11,18-19,26,31,33H,1,4-5,12-17,20-21H2. The Labute approximate surface area is 207 Å². The lowest BCUT2D eigenvalue weighted by Crippen LogP contribution is -2.49. The Morgan fingerprint density at radius 3 is 2.47 bits per heavy atom. The van der Waals surface area contributed by atoms with Gasteiger partial charge in [0.25, 0.3) is 0 Å². The van der Waals surface area contributed by atoms with Crippen LogP contribution in [0.2, 0.25) is 5.02 Å². The van der Waals surface area contributed by atoms with Crippen molar-refractivity contribution < 1.29 is 9.84 Å². The van der Waals surface area contributed by atoms with Gasteiger partial charge in [0, 0.05) is 38.6 Å². The van der Waals surface area contributed by atoms with Gasteiger partial charge in [-0.25, -0.2) is 0 Å². The number of rotatable bonds is 7. The molecule has 1 aliphatic carbocycles. The number of hydrogen-bond donors (Lipinski definition) is 2. The number of hydrogen-bond acceptors (Lipinski definition) is 4. The van der Waals surface area contributed by atoms with Gasteiger partial charge in [-0.15, -0.1) is 0 Å². The summed E-state index contributed by atoms with van der Waals surface area (Å²) in [6.45, 7) is 5.39. The summed E-state index contributed by atoms with van der Waals surface area (Å²) in [6, 6.07) is 20.9. The molecule has 1 saturated heterocycles. The first-order chi connectivity index (χ1) is 16.6. The predicted molar refractivity (Wildman–Crippen MR) is 140 cm³/mol. The van der Waals surface area contributed by atoms with E-state index in [2.05, 4.69) is 58.7 Å². The number of piperazine rings is 1. The number of halogens is 1. The summed E-state index contributed by atoms with van der Waals surface area (Å²) < 4.78 is 6.11. The van der Waals surface area contributed by atoms with E-state index in [-0.39, 0.29) is 5.92 Å². The number of aliphatic hydroxyl groups is 1. The smallest absolute Gasteiger partial charge is 0.138 e. The highest BCUT2D eigenvalue weighted by molar-refractivity contribution is 6.32. The summed E-state index contributed by atoms with van der Waals surface area (Å²) in [4.78, 5) is 2.48. The first kappa shape index (κ1) is 23.6. The number of fused-ring (bicyclic) bond motifs is 1. The average Bonchev–Trinajstić information content (AvgIpc) is 2.87. The second-order valence-electron chi connectivity index (χ2n) is 9.93. The van der Waals surface area contributed by atoms with Gasteiger partial charge in [-0.05, 0) is 52.9 Å². The van der Waals surface area contributed by atoms with E-state index in [9.17, 15) is 5.11 Å². The topological polar surface area (TPSA) is 44.7 Å². The molecule has 4 nitrogen and oxygen atoms in total. The Morgan fingerprint density at radius 2 is 1.71 bits per heavy atom. The number of benzene rings is 3. The van der Waals surface area contributed by atoms with Crippen molar-refractivity contribution in [1.29, 1.82) is 0 Å². The van der Waals surface area contributed by atoms with E-state index < -0.39 is 5.60 Å². The zero-order valence-electron chi connectivity index (χ0n) is 19.8. The third-order valence-corrected chi connectivity index (χ3v) is 7.88. The zero-order valence-corrected chi connectivity index (χ0v) is 20.6. The highest BCUT2D eigenvalue weighted by atomic mass is 35.5. The summed E-state index contributed by atoms with van der Waals surface area (Å²) in [5.41, 5.74) is 1.57. The van der Waals surface area contributed by atoms with Crippen LogP contribution in [0.1, 0.15) is 49.1 Å². The van der Waals surface area contributed by atoms with Crippen LogP contribution in [-0.4, -0.2) is 48.3 Å². The first-order valence-corrected chi connectivity index (χ1v) is 13.0. The maximum Gasteiger partial charge on any atom is 0.138 e. The molecule has 0 aromatic heterocycles. The van der Waals surface area contributed by atoms with E-state index in [1.807, 2.05) is 12.1 Å². The molecule has 1 aliphatic heterocycles. The number of ether oxygens (including phenoxy) is 1. The minimum Gasteiger partial charge on any atom is -0.487 e. The lowest BCUT2D eigenvalue weighted by atomic mass is 9.72. The van der Waals surface area contributed by atoms with Crippen molar-refractivity contribution in [2.45, 2.75) is 50.2 Å². The van der Waals surface area contributed by atoms with Gasteiger partial charge in [0.05, 0.1) is 10.6 Å². The van der Waals surface area contributed by atoms with Crippen LogP contribution in [0.3, 0.4) is 0 Å². The molecule has 5 rings (SSSR count).